The highest BCUT2D eigenvalue weighted by molar-refractivity contribution is 6.02. The largest absolute Gasteiger partial charge is 0.508 e. The monoisotopic (exact) mass is 1910 g/mol. The van der Waals surface area contributed by atoms with Gasteiger partial charge in [-0.15, -0.1) is 0 Å². The third-order valence-electron chi connectivity index (χ3n) is 20.3. The van der Waals surface area contributed by atoms with Crippen molar-refractivity contribution in [1.29, 1.82) is 16.2 Å². The minimum absolute atomic E-state index is 0.0165. The van der Waals surface area contributed by atoms with Gasteiger partial charge in [-0.2, -0.15) is 0 Å². The minimum Gasteiger partial charge on any atom is -0.508 e. The molecular formula is C85H126N28O23. The van der Waals surface area contributed by atoms with E-state index in [1.54, 1.807) is 91.0 Å². The SMILES string of the molecule is C[C@@H](O)[C@H](N)C(=O)N[C@@H](Cc1ccccc1)C(=O)N[C@@H](Cc1ccccc1)C(=O)N[C@@H](Cc1ccc(O)cc1)C(=O)NCC(=O)NCC(=O)N[C@@H](CO)C(=O)N[C@@H](CCCNC(=N)N)C(=O)NCC(=O)N[C@@H](CCCCN)C(=O)N[C@@H](CCCNC(=N)N)C(=O)N[C@@H](CC(N)=O)C(=O)N[C@@H](CC(N)=O)C(=O)N[C@@H](Cc1ccccc1)C(=O)N[C@@H](CCCNC(=N)N)C(=O)N[C@H](C(=O)O)[C@@H](C)O. The van der Waals surface area contributed by atoms with Crippen molar-refractivity contribution >= 4 is 124 Å². The summed E-state index contributed by atoms with van der Waals surface area (Å²) in [5.41, 5.74) is 41.1. The highest BCUT2D eigenvalue weighted by atomic mass is 16.4. The van der Waals surface area contributed by atoms with E-state index in [9.17, 15) is 112 Å². The van der Waals surface area contributed by atoms with Crippen LogP contribution in [0.4, 0.5) is 0 Å². The zero-order valence-corrected chi connectivity index (χ0v) is 75.0. The first-order valence-corrected chi connectivity index (χ1v) is 43.3. The summed E-state index contributed by atoms with van der Waals surface area (Å²) in [6, 6.07) is 8.59. The van der Waals surface area contributed by atoms with Crippen molar-refractivity contribution in [3.8, 4) is 5.75 Å². The molecule has 744 valence electrons. The Bertz CT molecular complexity index is 4720. The molecule has 0 bridgehead atoms. The molecule has 51 heteroatoms. The van der Waals surface area contributed by atoms with Crippen LogP contribution in [-0.2, 0) is 112 Å². The van der Waals surface area contributed by atoms with E-state index in [0.29, 0.717) is 22.3 Å². The van der Waals surface area contributed by atoms with Gasteiger partial charge in [-0.3, -0.25) is 97.7 Å². The third kappa shape index (κ3) is 43.9. The van der Waals surface area contributed by atoms with Crippen molar-refractivity contribution in [2.75, 3.05) is 52.4 Å². The van der Waals surface area contributed by atoms with Crippen LogP contribution in [0.15, 0.2) is 115 Å². The fourth-order valence-corrected chi connectivity index (χ4v) is 13.0. The lowest BCUT2D eigenvalue weighted by atomic mass is 10.0. The number of phenolic OH excluding ortho intramolecular Hbond substituents is 1. The number of aliphatic hydroxyl groups is 3. The predicted molar refractivity (Wildman–Crippen MR) is 488 cm³/mol. The molecule has 0 aliphatic rings. The molecule has 0 saturated carbocycles. The number of benzene rings is 4. The average Bonchev–Trinajstić information content (AvgIpc) is 0.846. The number of aromatic hydroxyl groups is 1. The lowest BCUT2D eigenvalue weighted by Gasteiger charge is -2.28. The maximum absolute atomic E-state index is 14.5. The molecule has 0 aliphatic carbocycles. The molecule has 4 aromatic carbocycles. The van der Waals surface area contributed by atoms with Crippen molar-refractivity contribution in [2.45, 2.75) is 201 Å². The number of aliphatic hydroxyl groups excluding tert-OH is 3. The Hall–Kier alpha value is -15.2. The summed E-state index contributed by atoms with van der Waals surface area (Å²) in [5.74, 6) is -21.9. The molecule has 40 N–H and O–H groups in total. The molecule has 0 fully saturated rings. The summed E-state index contributed by atoms with van der Waals surface area (Å²) in [6.07, 6.45) is -6.64. The van der Waals surface area contributed by atoms with Gasteiger partial charge in [0.1, 0.15) is 78.3 Å². The van der Waals surface area contributed by atoms with Crippen LogP contribution in [0.1, 0.15) is 107 Å². The van der Waals surface area contributed by atoms with E-state index in [1.807, 2.05) is 0 Å². The van der Waals surface area contributed by atoms with Gasteiger partial charge in [0.15, 0.2) is 23.9 Å². The van der Waals surface area contributed by atoms with Gasteiger partial charge < -0.3 is 161 Å². The Morgan fingerprint density at radius 3 is 0.963 bits per heavy atom. The molecule has 17 amide bonds. The molecule has 51 nitrogen and oxygen atoms in total. The maximum atomic E-state index is 14.5. The number of carboxylic acids is 1. The smallest absolute Gasteiger partial charge is 0.328 e. The van der Waals surface area contributed by atoms with Crippen LogP contribution < -0.4 is 136 Å². The van der Waals surface area contributed by atoms with E-state index in [1.165, 1.54) is 31.2 Å². The fraction of sp³-hybridized carbons (Fsp3) is 0.471. The zero-order chi connectivity index (χ0) is 101. The highest BCUT2D eigenvalue weighted by Crippen LogP contribution is 2.16. The Balaban J connectivity index is 1.51. The van der Waals surface area contributed by atoms with Gasteiger partial charge in [-0.05, 0) is 113 Å². The normalized spacial score (nSPS) is 14.2. The van der Waals surface area contributed by atoms with E-state index in [0.717, 1.165) is 6.92 Å². The second kappa shape index (κ2) is 60.0. The number of carboxylic acid groups (broad SMARTS) is 1. The van der Waals surface area contributed by atoms with E-state index < -0.39 is 254 Å². The fourth-order valence-electron chi connectivity index (χ4n) is 13.0. The maximum Gasteiger partial charge on any atom is 0.328 e. The number of nitrogens with two attached hydrogens (primary N) is 7. The molecule has 0 aliphatic heterocycles. The van der Waals surface area contributed by atoms with Gasteiger partial charge in [0.05, 0.1) is 51.3 Å². The van der Waals surface area contributed by atoms with Gasteiger partial charge in [0, 0.05) is 45.3 Å². The Morgan fingerprint density at radius 1 is 0.324 bits per heavy atom. The molecule has 136 heavy (non-hydrogen) atoms. The molecule has 0 unspecified atom stereocenters. The quantitative estimate of drug-likeness (QED) is 0.0111. The first-order chi connectivity index (χ1) is 64.5. The second-order valence-electron chi connectivity index (χ2n) is 31.5. The minimum atomic E-state index is -2.05. The van der Waals surface area contributed by atoms with Crippen molar-refractivity contribution in [2.24, 2.45) is 40.1 Å². The van der Waals surface area contributed by atoms with Crippen LogP contribution >= 0.6 is 0 Å². The molecule has 4 rings (SSSR count). The summed E-state index contributed by atoms with van der Waals surface area (Å²) >= 11 is 0. The number of carbonyl (C=O) groups excluding carboxylic acids is 17. The topological polar surface area (TPSA) is 879 Å². The summed E-state index contributed by atoms with van der Waals surface area (Å²) in [4.78, 5) is 248. The Kier molecular flexibility index (Phi) is 49.9. The number of carbonyl (C=O) groups is 18. The Morgan fingerprint density at radius 2 is 0.610 bits per heavy atom. The van der Waals surface area contributed by atoms with Gasteiger partial charge in [-0.1, -0.05) is 103 Å². The summed E-state index contributed by atoms with van der Waals surface area (Å²) in [5, 5.41) is 116. The van der Waals surface area contributed by atoms with Crippen LogP contribution in [0.2, 0.25) is 0 Å². The number of unbranched alkanes of at least 4 members (excludes halogenated alkanes) is 1. The molecule has 15 atom stereocenters. The number of amides is 17. The molecule has 0 spiro atoms. The van der Waals surface area contributed by atoms with Crippen LogP contribution in [0.5, 0.6) is 5.75 Å². The van der Waals surface area contributed by atoms with Crippen LogP contribution in [-0.4, -0.2) is 293 Å². The molecule has 0 heterocycles. The lowest BCUT2D eigenvalue weighted by molar-refractivity contribution is -0.145. The predicted octanol–water partition coefficient (Wildman–Crippen LogP) is -11.3. The summed E-state index contributed by atoms with van der Waals surface area (Å²) in [7, 11) is 0. The number of guanidine groups is 3. The second-order valence-corrected chi connectivity index (χ2v) is 31.5. The zero-order valence-electron chi connectivity index (χ0n) is 75.0. The molecule has 0 radical (unpaired) electrons. The van der Waals surface area contributed by atoms with Crippen LogP contribution in [0.3, 0.4) is 0 Å². The van der Waals surface area contributed by atoms with E-state index in [-0.39, 0.29) is 115 Å². The third-order valence-corrected chi connectivity index (χ3v) is 20.3. The lowest BCUT2D eigenvalue weighted by Crippen LogP contribution is -2.61. The van der Waals surface area contributed by atoms with Crippen molar-refractivity contribution in [1.82, 2.24) is 95.7 Å². The summed E-state index contributed by atoms with van der Waals surface area (Å²) < 4.78 is 0. The van der Waals surface area contributed by atoms with Gasteiger partial charge in [0.25, 0.3) is 0 Å². The molecule has 0 aromatic heterocycles. The average molecular weight is 1910 g/mol. The number of aliphatic carboxylic acids is 1. The van der Waals surface area contributed by atoms with Crippen molar-refractivity contribution in [3.63, 3.8) is 0 Å². The van der Waals surface area contributed by atoms with Gasteiger partial charge in [0.2, 0.25) is 100 Å². The summed E-state index contributed by atoms with van der Waals surface area (Å²) in [6.45, 7) is -1.55. The standard InChI is InChI=1S/C85H126N28O23/c1-45(115)68(89)81(134)112-59(37-49-21-10-5-11-22-49)77(130)108-58(36-48-19-8-4-9-20-48)76(129)107-56(38-50-27-29-51(117)30-28-50)71(124)100-41-65(120)99-42-66(121)103-62(44-114)80(133)104-52(24-14-32-96-83(90)91)70(123)101-43-67(122)102-53(23-12-13-31-86)72(125)105-54(25-15-33-97-84(92)93)73(126)110-60(39-63(87)118)79(132)111-61(40-64(88)119)78(131)109-57(35-47-17-6-3-7-18-47)75(128)106-55(26-16-34-98-85(94)95)74(127)113-69(46(2)116)82(135)136/h3-11,17-22,27-30,45-46,52-62,68-69,114-117H,12-16,23-26,31-44,86,89H2,1-2H3,(H2,87,118)(H2,88,119)(H,99,120)(H,100,124)(H,101,123)(H,102,122)(H,103,121)(H,104,133)(H,105,125)(H,106,128)(H,107,129)(H,108,130)(H,109,131)(H,110,126)(H,111,132)(H,112,134)(H,113,127)(H,135,136)(H4,90,91,96)(H4,92,93,97)(H4,94,95,98)/t45-,46-,52+,53+,54+,55+,56+,57+,58+,59+,60+,61+,62+,68+,69+/m1/s1. The van der Waals surface area contributed by atoms with E-state index in [2.05, 4.69) is 95.7 Å². The molecular weight excluding hydrogens is 1780 g/mol. The first kappa shape index (κ1) is 113. The van der Waals surface area contributed by atoms with Crippen molar-refractivity contribution < 1.29 is 112 Å². The van der Waals surface area contributed by atoms with E-state index >= 15 is 0 Å². The number of nitrogens with one attached hydrogen (secondary N) is 21. The molecule has 0 saturated heterocycles. The Labute approximate surface area is 781 Å². The van der Waals surface area contributed by atoms with E-state index in [4.69, 9.17) is 56.4 Å². The first-order valence-electron chi connectivity index (χ1n) is 43.3. The van der Waals surface area contributed by atoms with Crippen molar-refractivity contribution in [3.05, 3.63) is 138 Å². The number of phenols is 1. The number of rotatable bonds is 62. The number of primary amides is 2. The van der Waals surface area contributed by atoms with Gasteiger partial charge >= 0.3 is 5.97 Å². The number of hydrogen-bond donors (Lipinski definition) is 33. The molecule has 4 aromatic rings. The number of hydrogen-bond acceptors (Lipinski definition) is 27. The van der Waals surface area contributed by atoms with Crippen LogP contribution in [0, 0.1) is 16.2 Å². The van der Waals surface area contributed by atoms with Crippen LogP contribution in [0.25, 0.3) is 0 Å². The van der Waals surface area contributed by atoms with Gasteiger partial charge in [-0.25, -0.2) is 4.79 Å². The highest BCUT2D eigenvalue weighted by Gasteiger charge is 2.39.